The molecule has 1 nitrogen and oxygen atoms in total. The highest BCUT2D eigenvalue weighted by molar-refractivity contribution is 5.17. The van der Waals surface area contributed by atoms with Crippen molar-refractivity contribution in [3.05, 3.63) is 35.6 Å². The van der Waals surface area contributed by atoms with Crippen molar-refractivity contribution in [3.8, 4) is 0 Å². The number of benzene rings is 1. The molecular formula is C17H26FN. The molecule has 2 rings (SSSR count). The zero-order chi connectivity index (χ0) is 13.7. The topological polar surface area (TPSA) is 12.0 Å². The molecule has 1 aromatic carbocycles. The second-order valence-corrected chi connectivity index (χ2v) is 6.04. The van der Waals surface area contributed by atoms with Gasteiger partial charge >= 0.3 is 0 Å². The molecule has 1 aromatic rings. The second kappa shape index (κ2) is 7.04. The maximum atomic E-state index is 13.2. The Morgan fingerprint density at radius 2 is 2.21 bits per heavy atom. The molecule has 2 heteroatoms. The Morgan fingerprint density at radius 1 is 1.37 bits per heavy atom. The maximum absolute atomic E-state index is 13.2. The van der Waals surface area contributed by atoms with Gasteiger partial charge in [0.2, 0.25) is 0 Å². The van der Waals surface area contributed by atoms with Crippen LogP contribution in [-0.4, -0.2) is 12.1 Å². The molecule has 1 saturated carbocycles. The lowest BCUT2D eigenvalue weighted by molar-refractivity contribution is 0.264. The molecule has 0 heterocycles. The smallest absolute Gasteiger partial charge is 0.123 e. The zero-order valence-corrected chi connectivity index (χ0v) is 12.2. The third-order valence-corrected chi connectivity index (χ3v) is 4.31. The van der Waals surface area contributed by atoms with Crippen LogP contribution in [0.15, 0.2) is 24.3 Å². The van der Waals surface area contributed by atoms with Crippen molar-refractivity contribution in [2.24, 2.45) is 5.92 Å². The van der Waals surface area contributed by atoms with Crippen molar-refractivity contribution in [3.63, 3.8) is 0 Å². The predicted octanol–water partition coefficient (Wildman–Crippen LogP) is 4.32. The van der Waals surface area contributed by atoms with Gasteiger partial charge < -0.3 is 5.32 Å². The van der Waals surface area contributed by atoms with Crippen LogP contribution in [-0.2, 0) is 6.42 Å². The van der Waals surface area contributed by atoms with E-state index in [0.717, 1.165) is 17.9 Å². The van der Waals surface area contributed by atoms with Crippen LogP contribution in [0.3, 0.4) is 0 Å². The van der Waals surface area contributed by atoms with E-state index in [-0.39, 0.29) is 5.82 Å². The minimum atomic E-state index is -0.131. The third kappa shape index (κ3) is 4.61. The number of rotatable bonds is 5. The molecule has 106 valence electrons. The SMILES string of the molecule is CCC1CCCC(NC(C)Cc2cccc(F)c2)C1. The molecule has 1 aliphatic rings. The Morgan fingerprint density at radius 3 is 2.95 bits per heavy atom. The van der Waals surface area contributed by atoms with Crippen LogP contribution in [0.25, 0.3) is 0 Å². The van der Waals surface area contributed by atoms with Gasteiger partial charge in [-0.2, -0.15) is 0 Å². The maximum Gasteiger partial charge on any atom is 0.123 e. The summed E-state index contributed by atoms with van der Waals surface area (Å²) in [5.74, 6) is 0.765. The van der Waals surface area contributed by atoms with Crippen LogP contribution >= 0.6 is 0 Å². The van der Waals surface area contributed by atoms with Crippen LogP contribution in [0.2, 0.25) is 0 Å². The first-order valence-electron chi connectivity index (χ1n) is 7.68. The molecule has 0 bridgehead atoms. The molecule has 1 N–H and O–H groups in total. The third-order valence-electron chi connectivity index (χ3n) is 4.31. The van der Waals surface area contributed by atoms with Crippen LogP contribution in [0.4, 0.5) is 4.39 Å². The van der Waals surface area contributed by atoms with Crippen molar-refractivity contribution >= 4 is 0 Å². The number of hydrogen-bond donors (Lipinski definition) is 1. The molecule has 3 atom stereocenters. The van der Waals surface area contributed by atoms with Crippen LogP contribution in [0.1, 0.15) is 51.5 Å². The van der Waals surface area contributed by atoms with Gasteiger partial charge in [-0.3, -0.25) is 0 Å². The summed E-state index contributed by atoms with van der Waals surface area (Å²) in [4.78, 5) is 0. The molecule has 0 aliphatic heterocycles. The molecule has 0 radical (unpaired) electrons. The van der Waals surface area contributed by atoms with E-state index in [9.17, 15) is 4.39 Å². The van der Waals surface area contributed by atoms with E-state index in [2.05, 4.69) is 19.2 Å². The number of nitrogens with one attached hydrogen (secondary N) is 1. The summed E-state index contributed by atoms with van der Waals surface area (Å²) in [7, 11) is 0. The molecule has 0 saturated heterocycles. The Kier molecular flexibility index (Phi) is 5.38. The summed E-state index contributed by atoms with van der Waals surface area (Å²) < 4.78 is 13.2. The Balaban J connectivity index is 1.82. The fraction of sp³-hybridized carbons (Fsp3) is 0.647. The van der Waals surface area contributed by atoms with E-state index in [1.807, 2.05) is 6.07 Å². The highest BCUT2D eigenvalue weighted by Gasteiger charge is 2.21. The Bertz CT molecular complexity index is 391. The largest absolute Gasteiger partial charge is 0.311 e. The molecule has 1 aliphatic carbocycles. The van der Waals surface area contributed by atoms with Gasteiger partial charge in [0.1, 0.15) is 5.82 Å². The fourth-order valence-electron chi connectivity index (χ4n) is 3.29. The average molecular weight is 263 g/mol. The molecule has 1 fully saturated rings. The quantitative estimate of drug-likeness (QED) is 0.834. The first kappa shape index (κ1) is 14.5. The van der Waals surface area contributed by atoms with Gasteiger partial charge in [-0.25, -0.2) is 4.39 Å². The van der Waals surface area contributed by atoms with E-state index in [1.54, 1.807) is 12.1 Å². The summed E-state index contributed by atoms with van der Waals surface area (Å²) >= 11 is 0. The van der Waals surface area contributed by atoms with Crippen LogP contribution in [0, 0.1) is 11.7 Å². The summed E-state index contributed by atoms with van der Waals surface area (Å²) in [6, 6.07) is 8.04. The number of hydrogen-bond acceptors (Lipinski definition) is 1. The monoisotopic (exact) mass is 263 g/mol. The highest BCUT2D eigenvalue weighted by atomic mass is 19.1. The van der Waals surface area contributed by atoms with Gasteiger partial charge in [-0.1, -0.05) is 38.3 Å². The number of halogens is 1. The van der Waals surface area contributed by atoms with E-state index in [1.165, 1.54) is 38.2 Å². The van der Waals surface area contributed by atoms with Gasteiger partial charge in [0.05, 0.1) is 0 Å². The van der Waals surface area contributed by atoms with Gasteiger partial charge in [-0.05, 0) is 49.8 Å². The van der Waals surface area contributed by atoms with Crippen molar-refractivity contribution in [2.75, 3.05) is 0 Å². The lowest BCUT2D eigenvalue weighted by Crippen LogP contribution is -2.40. The summed E-state index contributed by atoms with van der Waals surface area (Å²) in [5.41, 5.74) is 1.09. The Hall–Kier alpha value is -0.890. The van der Waals surface area contributed by atoms with Gasteiger partial charge in [-0.15, -0.1) is 0 Å². The zero-order valence-electron chi connectivity index (χ0n) is 12.2. The molecule has 3 unspecified atom stereocenters. The van der Waals surface area contributed by atoms with Gasteiger partial charge in [0.25, 0.3) is 0 Å². The van der Waals surface area contributed by atoms with E-state index < -0.39 is 0 Å². The molecule has 0 spiro atoms. The summed E-state index contributed by atoms with van der Waals surface area (Å²) in [5, 5.41) is 3.73. The average Bonchev–Trinajstić information content (AvgIpc) is 2.38. The van der Waals surface area contributed by atoms with Crippen LogP contribution < -0.4 is 5.32 Å². The predicted molar refractivity (Wildman–Crippen MR) is 78.7 cm³/mol. The van der Waals surface area contributed by atoms with Crippen molar-refractivity contribution in [1.29, 1.82) is 0 Å². The first-order chi connectivity index (χ1) is 9.17. The van der Waals surface area contributed by atoms with Crippen molar-refractivity contribution in [2.45, 2.75) is 64.5 Å². The van der Waals surface area contributed by atoms with Gasteiger partial charge in [0.15, 0.2) is 0 Å². The minimum Gasteiger partial charge on any atom is -0.311 e. The molecule has 0 amide bonds. The standard InChI is InChI=1S/C17H26FN/c1-3-14-6-5-9-17(12-14)19-13(2)10-15-7-4-8-16(18)11-15/h4,7-8,11,13-14,17,19H,3,5-6,9-10,12H2,1-2H3. The molecule has 0 aromatic heterocycles. The lowest BCUT2D eigenvalue weighted by atomic mass is 9.84. The normalized spacial score (nSPS) is 25.2. The molecular weight excluding hydrogens is 237 g/mol. The summed E-state index contributed by atoms with van der Waals surface area (Å²) in [6.07, 6.45) is 7.56. The Labute approximate surface area is 116 Å². The van der Waals surface area contributed by atoms with Crippen molar-refractivity contribution in [1.82, 2.24) is 5.32 Å². The summed E-state index contributed by atoms with van der Waals surface area (Å²) in [6.45, 7) is 4.50. The van der Waals surface area contributed by atoms with Gasteiger partial charge in [0, 0.05) is 12.1 Å². The minimum absolute atomic E-state index is 0.131. The van der Waals surface area contributed by atoms with Crippen molar-refractivity contribution < 1.29 is 4.39 Å². The molecule has 19 heavy (non-hydrogen) atoms. The van der Waals surface area contributed by atoms with E-state index in [4.69, 9.17) is 0 Å². The lowest BCUT2D eigenvalue weighted by Gasteiger charge is -2.31. The fourth-order valence-corrected chi connectivity index (χ4v) is 3.29. The highest BCUT2D eigenvalue weighted by Crippen LogP contribution is 2.26. The second-order valence-electron chi connectivity index (χ2n) is 6.04. The van der Waals surface area contributed by atoms with Crippen LogP contribution in [0.5, 0.6) is 0 Å². The first-order valence-corrected chi connectivity index (χ1v) is 7.68. The van der Waals surface area contributed by atoms with E-state index >= 15 is 0 Å². The van der Waals surface area contributed by atoms with E-state index in [0.29, 0.717) is 12.1 Å².